The number of imide groups is 1. The molecule has 2 aliphatic heterocycles. The highest BCUT2D eigenvalue weighted by Gasteiger charge is 2.90. The Morgan fingerprint density at radius 3 is 2.49 bits per heavy atom. The minimum atomic E-state index is -1.79. The van der Waals surface area contributed by atoms with E-state index in [9.17, 15) is 24.6 Å². The molecule has 12 heteroatoms. The molecule has 12 nitrogen and oxygen atoms in total. The number of anilines is 1. The molecule has 2 heterocycles. The summed E-state index contributed by atoms with van der Waals surface area (Å²) in [5.41, 5.74) is -4.67. The molecule has 254 valence electrons. The van der Waals surface area contributed by atoms with E-state index < -0.39 is 57.9 Å². The second-order valence-corrected chi connectivity index (χ2v) is 15.0. The van der Waals surface area contributed by atoms with Gasteiger partial charge in [-0.25, -0.2) is 9.69 Å². The number of aliphatic imine (C=N–C) groups is 1. The fourth-order valence-electron chi connectivity index (χ4n) is 12.1. The standard InChI is InChI=1S/C35H44N2O10/c1-17-12-24(38)37(29(17)39)21-9-7-6-8-18(21)30(40)47-16-32-11-10-23(44-3)34-20-13-19-22(43-2)14-33(41,25(20)26(19)45-4)35(42,31(34)36-15-32)28(46-5)27(32)34/h6-9,15,17,19-20,22-23,25-28,31,41-42H,10-14,16H2,1-5H3/t17-,19+,20+,22-,23-,25+,26-,27+,28+,31?,32-,33+,34-,35+/m1/s1. The monoisotopic (exact) mass is 652 g/mol. The van der Waals surface area contributed by atoms with Gasteiger partial charge in [-0.1, -0.05) is 19.1 Å². The van der Waals surface area contributed by atoms with Gasteiger partial charge in [-0.05, 0) is 37.3 Å². The van der Waals surface area contributed by atoms with Crippen molar-refractivity contribution in [3.8, 4) is 0 Å². The third kappa shape index (κ3) is 3.54. The van der Waals surface area contributed by atoms with Crippen LogP contribution in [0.15, 0.2) is 29.3 Å². The summed E-state index contributed by atoms with van der Waals surface area (Å²) in [6, 6.07) is 5.78. The predicted octanol–water partition coefficient (Wildman–Crippen LogP) is 1.78. The van der Waals surface area contributed by atoms with Gasteiger partial charge in [-0.15, -0.1) is 0 Å². The van der Waals surface area contributed by atoms with Crippen LogP contribution in [0.5, 0.6) is 0 Å². The van der Waals surface area contributed by atoms with Crippen molar-refractivity contribution in [2.45, 2.75) is 80.7 Å². The smallest absolute Gasteiger partial charge is 0.340 e. The number of rotatable bonds is 8. The quantitative estimate of drug-likeness (QED) is 0.314. The Balaban J connectivity index is 1.20. The maximum Gasteiger partial charge on any atom is 0.340 e. The van der Waals surface area contributed by atoms with Gasteiger partial charge in [0.05, 0.1) is 41.7 Å². The third-order valence-electron chi connectivity index (χ3n) is 13.6. The molecule has 1 saturated heterocycles. The fourth-order valence-corrected chi connectivity index (χ4v) is 12.1. The van der Waals surface area contributed by atoms with E-state index in [0.717, 1.165) is 4.90 Å². The zero-order valence-corrected chi connectivity index (χ0v) is 27.5. The number of methoxy groups -OCH3 is 4. The van der Waals surface area contributed by atoms with Crippen LogP contribution in [0.4, 0.5) is 5.69 Å². The topological polar surface area (TPSA) is 153 Å². The molecule has 7 bridgehead atoms. The zero-order valence-electron chi connectivity index (χ0n) is 27.5. The summed E-state index contributed by atoms with van der Waals surface area (Å²) in [5.74, 6) is -2.77. The van der Waals surface area contributed by atoms with Crippen LogP contribution in [0.1, 0.15) is 49.4 Å². The Kier molecular flexibility index (Phi) is 6.96. The van der Waals surface area contributed by atoms with Crippen molar-refractivity contribution in [3.63, 3.8) is 0 Å². The number of carbonyl (C=O) groups is 3. The molecule has 1 aromatic rings. The van der Waals surface area contributed by atoms with Crippen LogP contribution in [-0.2, 0) is 33.3 Å². The lowest BCUT2D eigenvalue weighted by atomic mass is 9.44. The number of esters is 1. The first-order chi connectivity index (χ1) is 22.5. The molecule has 1 spiro atoms. The number of carbonyl (C=O) groups excluding carboxylic acids is 3. The van der Waals surface area contributed by atoms with Crippen LogP contribution in [-0.4, -0.2) is 111 Å². The second kappa shape index (κ2) is 10.4. The van der Waals surface area contributed by atoms with Crippen LogP contribution in [0.3, 0.4) is 0 Å². The fraction of sp³-hybridized carbons (Fsp3) is 0.714. The highest BCUT2D eigenvalue weighted by atomic mass is 16.5. The van der Waals surface area contributed by atoms with Gasteiger partial charge in [-0.2, -0.15) is 0 Å². The summed E-state index contributed by atoms with van der Waals surface area (Å²) in [6.45, 7) is 1.63. The van der Waals surface area contributed by atoms with Gasteiger partial charge in [0.2, 0.25) is 11.8 Å². The van der Waals surface area contributed by atoms with E-state index in [1.807, 2.05) is 6.21 Å². The van der Waals surface area contributed by atoms with Gasteiger partial charge in [-0.3, -0.25) is 14.6 Å². The van der Waals surface area contributed by atoms with Crippen molar-refractivity contribution < 1.29 is 48.3 Å². The van der Waals surface area contributed by atoms with E-state index in [0.29, 0.717) is 19.3 Å². The van der Waals surface area contributed by atoms with Crippen molar-refractivity contribution in [1.29, 1.82) is 0 Å². The number of para-hydroxylation sites is 1. The molecule has 47 heavy (non-hydrogen) atoms. The molecule has 1 aromatic carbocycles. The van der Waals surface area contributed by atoms with Crippen molar-refractivity contribution >= 4 is 29.7 Å². The average Bonchev–Trinajstić information content (AvgIpc) is 3.58. The zero-order chi connectivity index (χ0) is 33.3. The summed E-state index contributed by atoms with van der Waals surface area (Å²) < 4.78 is 30.8. The molecule has 0 aromatic heterocycles. The Morgan fingerprint density at radius 1 is 1.06 bits per heavy atom. The number of nitrogens with zero attached hydrogens (tertiary/aromatic N) is 2. The van der Waals surface area contributed by atoms with Gasteiger partial charge >= 0.3 is 5.97 Å². The molecule has 0 radical (unpaired) electrons. The molecular formula is C35H44N2O10. The summed E-state index contributed by atoms with van der Waals surface area (Å²) in [7, 11) is 6.54. The minimum absolute atomic E-state index is 0.0187. The molecular weight excluding hydrogens is 608 g/mol. The maximum atomic E-state index is 13.9. The van der Waals surface area contributed by atoms with Gasteiger partial charge < -0.3 is 33.9 Å². The summed E-state index contributed by atoms with van der Waals surface area (Å²) in [4.78, 5) is 45.7. The number of fused-ring (bicyclic) bond motifs is 2. The molecule has 6 fully saturated rings. The van der Waals surface area contributed by atoms with Crippen LogP contribution in [0.25, 0.3) is 0 Å². The molecule has 5 saturated carbocycles. The molecule has 14 atom stereocenters. The first-order valence-corrected chi connectivity index (χ1v) is 16.7. The highest BCUT2D eigenvalue weighted by Crippen LogP contribution is 2.79. The number of ether oxygens (including phenoxy) is 5. The second-order valence-electron chi connectivity index (χ2n) is 15.0. The molecule has 2 amide bonds. The number of aliphatic hydroxyl groups is 2. The normalized spacial score (nSPS) is 48.7. The molecule has 1 unspecified atom stereocenters. The first kappa shape index (κ1) is 31.5. The van der Waals surface area contributed by atoms with Gasteiger partial charge in [0.15, 0.2) is 0 Å². The average molecular weight is 653 g/mol. The lowest BCUT2D eigenvalue weighted by molar-refractivity contribution is -0.293. The predicted molar refractivity (Wildman–Crippen MR) is 166 cm³/mol. The number of hydrogen-bond acceptors (Lipinski definition) is 11. The molecule has 5 aliphatic carbocycles. The Hall–Kier alpha value is -2.74. The van der Waals surface area contributed by atoms with E-state index in [-0.39, 0.29) is 72.7 Å². The molecule has 2 N–H and O–H groups in total. The van der Waals surface area contributed by atoms with E-state index >= 15 is 0 Å². The van der Waals surface area contributed by atoms with Crippen molar-refractivity contribution in [3.05, 3.63) is 29.8 Å². The van der Waals surface area contributed by atoms with Crippen LogP contribution < -0.4 is 4.90 Å². The van der Waals surface area contributed by atoms with Crippen molar-refractivity contribution in [2.24, 2.45) is 45.4 Å². The first-order valence-electron chi connectivity index (χ1n) is 16.7. The van der Waals surface area contributed by atoms with E-state index in [2.05, 4.69) is 0 Å². The van der Waals surface area contributed by atoms with Crippen LogP contribution in [0, 0.1) is 40.4 Å². The SMILES string of the molecule is CO[C@@H]1[C@H]2C[C@H]3[C@@H]1[C@@](O)(C[C@H]2OC)[C@@]1(O)C2N=C[C@@]4(COC(=O)c5ccccc5N5C(=O)C[C@@H](C)C5=O)CC[C@@H](OC)[C@]23[C@H]4[C@@H]1OC. The minimum Gasteiger partial charge on any atom is -0.461 e. The molecule has 7 aliphatic rings. The summed E-state index contributed by atoms with van der Waals surface area (Å²) in [6.07, 6.45) is 2.21. The maximum absolute atomic E-state index is 13.9. The van der Waals surface area contributed by atoms with Gasteiger partial charge in [0, 0.05) is 82.0 Å². The van der Waals surface area contributed by atoms with Gasteiger partial charge in [0.25, 0.3) is 0 Å². The Bertz CT molecular complexity index is 1550. The molecule has 8 rings (SSSR count). The lowest BCUT2D eigenvalue weighted by Gasteiger charge is -2.65. The largest absolute Gasteiger partial charge is 0.461 e. The summed E-state index contributed by atoms with van der Waals surface area (Å²) in [5, 5.41) is 25.9. The van der Waals surface area contributed by atoms with Crippen molar-refractivity contribution in [2.75, 3.05) is 39.9 Å². The van der Waals surface area contributed by atoms with Crippen LogP contribution >= 0.6 is 0 Å². The lowest BCUT2D eigenvalue weighted by Crippen LogP contribution is -2.77. The third-order valence-corrected chi connectivity index (χ3v) is 13.6. The highest BCUT2D eigenvalue weighted by molar-refractivity contribution is 6.22. The Morgan fingerprint density at radius 2 is 1.83 bits per heavy atom. The van der Waals surface area contributed by atoms with E-state index in [1.54, 1.807) is 59.6 Å². The number of hydrogen-bond donors (Lipinski definition) is 2. The van der Waals surface area contributed by atoms with E-state index in [4.69, 9.17) is 28.7 Å². The Labute approximate surface area is 273 Å². The van der Waals surface area contributed by atoms with Gasteiger partial charge in [0.1, 0.15) is 17.8 Å². The summed E-state index contributed by atoms with van der Waals surface area (Å²) >= 11 is 0. The van der Waals surface area contributed by atoms with Crippen LogP contribution in [0.2, 0.25) is 0 Å². The number of benzene rings is 1. The van der Waals surface area contributed by atoms with E-state index in [1.165, 1.54) is 0 Å². The number of amides is 2. The van der Waals surface area contributed by atoms with Crippen molar-refractivity contribution in [1.82, 2.24) is 0 Å².